The molecule has 0 unspecified atom stereocenters. The van der Waals surface area contributed by atoms with Gasteiger partial charge in [0.05, 0.1) is 10.2 Å². The molecule has 0 aliphatic rings. The van der Waals surface area contributed by atoms with Gasteiger partial charge in [0.25, 0.3) is 10.0 Å². The summed E-state index contributed by atoms with van der Waals surface area (Å²) in [5.41, 5.74) is 0.616. The number of hydrogen-bond acceptors (Lipinski definition) is 8. The minimum Gasteiger partial charge on any atom is -0.458 e. The first kappa shape index (κ1) is 32.2. The summed E-state index contributed by atoms with van der Waals surface area (Å²) in [4.78, 5) is 45.1. The Bertz CT molecular complexity index is 1430. The average Bonchev–Trinajstić information content (AvgIpc) is 3.36. The number of para-hydroxylation sites is 1. The van der Waals surface area contributed by atoms with Crippen LogP contribution in [0.5, 0.6) is 0 Å². The second kappa shape index (κ2) is 13.5. The highest BCUT2D eigenvalue weighted by atomic mass is 32.2. The second-order valence-corrected chi connectivity index (χ2v) is 13.7. The largest absolute Gasteiger partial charge is 0.458 e. The van der Waals surface area contributed by atoms with E-state index in [0.29, 0.717) is 16.6 Å². The number of ether oxygens (including phenoxy) is 1. The summed E-state index contributed by atoms with van der Waals surface area (Å²) in [7, 11) is -2.67. The number of amides is 2. The molecule has 0 aliphatic carbocycles. The fourth-order valence-electron chi connectivity index (χ4n) is 4.05. The zero-order chi connectivity index (χ0) is 30.4. The van der Waals surface area contributed by atoms with Crippen LogP contribution in [-0.4, -0.2) is 66.9 Å². The Kier molecular flexibility index (Phi) is 10.6. The van der Waals surface area contributed by atoms with Gasteiger partial charge in [0.1, 0.15) is 23.7 Å². The van der Waals surface area contributed by atoms with Gasteiger partial charge in [-0.05, 0) is 51.8 Å². The van der Waals surface area contributed by atoms with Gasteiger partial charge in [0, 0.05) is 13.5 Å². The number of nitrogens with zero attached hydrogens (tertiary/aromatic N) is 2. The van der Waals surface area contributed by atoms with Crippen LogP contribution in [-0.2, 0) is 35.6 Å². The Hall–Kier alpha value is -3.35. The van der Waals surface area contributed by atoms with E-state index in [4.69, 9.17) is 4.74 Å². The first-order valence-electron chi connectivity index (χ1n) is 13.4. The van der Waals surface area contributed by atoms with Gasteiger partial charge in [-0.25, -0.2) is 18.2 Å². The molecule has 0 aliphatic heterocycles. The Morgan fingerprint density at radius 2 is 1.66 bits per heavy atom. The molecule has 0 radical (unpaired) electrons. The van der Waals surface area contributed by atoms with Crippen molar-refractivity contribution in [2.45, 2.75) is 81.9 Å². The monoisotopic (exact) mass is 602 g/mol. The van der Waals surface area contributed by atoms with E-state index in [1.807, 2.05) is 37.3 Å². The molecule has 2 amide bonds. The lowest BCUT2D eigenvalue weighted by Gasteiger charge is -2.30. The van der Waals surface area contributed by atoms with Crippen LogP contribution in [0.4, 0.5) is 0 Å². The molecule has 1 heterocycles. The number of rotatable bonds is 12. The summed E-state index contributed by atoms with van der Waals surface area (Å²) >= 11 is 1.02. The molecule has 0 saturated carbocycles. The molecular formula is C29H38N4O6S2. The van der Waals surface area contributed by atoms with Gasteiger partial charge < -0.3 is 15.0 Å². The van der Waals surface area contributed by atoms with E-state index in [1.54, 1.807) is 45.0 Å². The van der Waals surface area contributed by atoms with Crippen molar-refractivity contribution in [3.05, 3.63) is 60.2 Å². The van der Waals surface area contributed by atoms with E-state index in [-0.39, 0.29) is 17.2 Å². The molecule has 0 spiro atoms. The fraction of sp³-hybridized carbons (Fsp3) is 0.448. The van der Waals surface area contributed by atoms with E-state index in [0.717, 1.165) is 16.9 Å². The Morgan fingerprint density at radius 3 is 2.27 bits per heavy atom. The van der Waals surface area contributed by atoms with Crippen molar-refractivity contribution in [2.24, 2.45) is 0 Å². The Morgan fingerprint density at radius 1 is 1.02 bits per heavy atom. The molecule has 2 N–H and O–H groups in total. The topological polar surface area (TPSA) is 135 Å². The van der Waals surface area contributed by atoms with Crippen LogP contribution in [0.3, 0.4) is 0 Å². The van der Waals surface area contributed by atoms with Crippen molar-refractivity contribution in [3.63, 3.8) is 0 Å². The first-order valence-corrected chi connectivity index (χ1v) is 15.7. The predicted octanol–water partition coefficient (Wildman–Crippen LogP) is 3.66. The fourth-order valence-corrected chi connectivity index (χ4v) is 6.51. The molecule has 1 aromatic heterocycles. The number of fused-ring (bicyclic) bond motifs is 1. The van der Waals surface area contributed by atoms with Crippen LogP contribution >= 0.6 is 11.3 Å². The molecular weight excluding hydrogens is 564 g/mol. The van der Waals surface area contributed by atoms with Crippen LogP contribution < -0.4 is 10.0 Å². The summed E-state index contributed by atoms with van der Waals surface area (Å²) in [6, 6.07) is 13.2. The smallest absolute Gasteiger partial charge is 0.329 e. The lowest BCUT2D eigenvalue weighted by atomic mass is 10.0. The number of sulfonamides is 1. The lowest BCUT2D eigenvalue weighted by molar-refractivity contribution is -0.159. The third-order valence-electron chi connectivity index (χ3n) is 6.28. The molecule has 2 aromatic carbocycles. The molecule has 222 valence electrons. The molecule has 0 saturated heterocycles. The zero-order valence-electron chi connectivity index (χ0n) is 24.2. The molecule has 12 heteroatoms. The zero-order valence-corrected chi connectivity index (χ0v) is 25.8. The van der Waals surface area contributed by atoms with E-state index in [1.165, 1.54) is 18.9 Å². The second-order valence-electron chi connectivity index (χ2n) is 10.8. The number of nitrogens with one attached hydrogen (secondary N) is 2. The molecule has 10 nitrogen and oxygen atoms in total. The lowest BCUT2D eigenvalue weighted by Crippen LogP contribution is -2.56. The quantitative estimate of drug-likeness (QED) is 0.302. The number of esters is 1. The van der Waals surface area contributed by atoms with E-state index in [2.05, 4.69) is 15.0 Å². The van der Waals surface area contributed by atoms with Crippen LogP contribution in [0.15, 0.2) is 58.9 Å². The number of benzene rings is 2. The van der Waals surface area contributed by atoms with Crippen LogP contribution in [0, 0.1) is 0 Å². The third kappa shape index (κ3) is 8.82. The summed E-state index contributed by atoms with van der Waals surface area (Å²) in [5.74, 6) is -1.74. The maximum atomic E-state index is 13.5. The normalized spacial score (nSPS) is 14.2. The number of carbonyl (C=O) groups excluding carboxylic acids is 3. The number of aromatic nitrogens is 1. The number of likely N-dealkylation sites (N-methyl/N-ethyl adjacent to an activating group) is 1. The van der Waals surface area contributed by atoms with Gasteiger partial charge in [-0.1, -0.05) is 55.8 Å². The molecule has 41 heavy (non-hydrogen) atoms. The third-order valence-corrected chi connectivity index (χ3v) is 9.16. The Balaban J connectivity index is 1.75. The van der Waals surface area contributed by atoms with Gasteiger partial charge in [-0.3, -0.25) is 9.59 Å². The maximum Gasteiger partial charge on any atom is 0.329 e. The highest BCUT2D eigenvalue weighted by Crippen LogP contribution is 2.25. The van der Waals surface area contributed by atoms with Crippen molar-refractivity contribution < 1.29 is 27.5 Å². The van der Waals surface area contributed by atoms with E-state index >= 15 is 0 Å². The molecule has 3 rings (SSSR count). The molecule has 3 aromatic rings. The Labute approximate surface area is 245 Å². The van der Waals surface area contributed by atoms with Crippen molar-refractivity contribution in [1.29, 1.82) is 0 Å². The molecule has 0 fully saturated rings. The van der Waals surface area contributed by atoms with Gasteiger partial charge >= 0.3 is 5.97 Å². The predicted molar refractivity (Wildman–Crippen MR) is 159 cm³/mol. The average molecular weight is 603 g/mol. The highest BCUT2D eigenvalue weighted by molar-refractivity contribution is 7.91. The van der Waals surface area contributed by atoms with Gasteiger partial charge in [0.15, 0.2) is 0 Å². The highest BCUT2D eigenvalue weighted by Gasteiger charge is 2.34. The van der Waals surface area contributed by atoms with Crippen LogP contribution in [0.1, 0.15) is 53.0 Å². The minimum absolute atomic E-state index is 0.137. The summed E-state index contributed by atoms with van der Waals surface area (Å²) in [6.07, 6.45) is 0.938. The van der Waals surface area contributed by atoms with Gasteiger partial charge in [-0.2, -0.15) is 4.72 Å². The van der Waals surface area contributed by atoms with Crippen LogP contribution in [0.2, 0.25) is 0 Å². The van der Waals surface area contributed by atoms with Crippen molar-refractivity contribution >= 4 is 49.4 Å². The number of thiazole rings is 1. The maximum absolute atomic E-state index is 13.5. The number of carbonyl (C=O) groups is 3. The first-order chi connectivity index (χ1) is 19.2. The van der Waals surface area contributed by atoms with Crippen molar-refractivity contribution in [1.82, 2.24) is 19.9 Å². The minimum atomic E-state index is -4.10. The van der Waals surface area contributed by atoms with E-state index < -0.39 is 51.5 Å². The van der Waals surface area contributed by atoms with Gasteiger partial charge in [0.2, 0.25) is 16.2 Å². The van der Waals surface area contributed by atoms with Crippen molar-refractivity contribution in [3.8, 4) is 0 Å². The van der Waals surface area contributed by atoms with Gasteiger partial charge in [-0.15, -0.1) is 11.3 Å². The van der Waals surface area contributed by atoms with Crippen LogP contribution in [0.25, 0.3) is 10.2 Å². The van der Waals surface area contributed by atoms with Crippen molar-refractivity contribution in [2.75, 3.05) is 7.05 Å². The SMILES string of the molecule is CCC[C@H](NS(=O)(=O)c1nc2ccccc2s1)C(=O)N(C)[C@H](C)C(=O)N[C@H](Cc1ccccc1)C(=O)OC(C)(C)C. The standard InChI is InChI=1S/C29H38N4O6S2/c1-7-13-22(32-41(37,38)28-31-21-16-11-12-17-24(21)40-28)26(35)33(6)19(2)25(34)30-23(27(36)39-29(3,4)5)18-20-14-9-8-10-15-20/h8-12,14-17,19,22-23,32H,7,13,18H2,1-6H3,(H,30,34)/t19-,22+,23-/m1/s1. The summed E-state index contributed by atoms with van der Waals surface area (Å²) < 4.78 is 34.9. The molecule has 0 bridgehead atoms. The summed E-state index contributed by atoms with van der Waals surface area (Å²) in [6.45, 7) is 8.57. The summed E-state index contributed by atoms with van der Waals surface area (Å²) in [5, 5.41) is 2.73. The number of hydrogen-bond donors (Lipinski definition) is 2. The molecule has 3 atom stereocenters. The van der Waals surface area contributed by atoms with E-state index in [9.17, 15) is 22.8 Å².